The number of benzene rings is 2. The van der Waals surface area contributed by atoms with Crippen LogP contribution in [-0.2, 0) is 21.4 Å². The maximum absolute atomic E-state index is 12.7. The van der Waals surface area contributed by atoms with E-state index in [-0.39, 0.29) is 28.7 Å². The summed E-state index contributed by atoms with van der Waals surface area (Å²) in [5, 5.41) is -0.263. The summed E-state index contributed by atoms with van der Waals surface area (Å²) in [6, 6.07) is 15.1. The minimum Gasteiger partial charge on any atom is -0.454 e. The van der Waals surface area contributed by atoms with Crippen molar-refractivity contribution in [3.05, 3.63) is 83.1 Å². The van der Waals surface area contributed by atoms with E-state index in [9.17, 15) is 22.8 Å². The number of fused-ring (bicyclic) bond motifs is 1. The Bertz CT molecular complexity index is 1310. The molecule has 0 saturated carbocycles. The predicted molar refractivity (Wildman–Crippen MR) is 113 cm³/mol. The Morgan fingerprint density at radius 1 is 0.969 bits per heavy atom. The van der Waals surface area contributed by atoms with Crippen LogP contribution < -0.4 is 4.90 Å². The Balaban J connectivity index is 1.49. The Morgan fingerprint density at radius 2 is 1.62 bits per heavy atom. The number of hydrogen-bond acceptors (Lipinski definition) is 7. The van der Waals surface area contributed by atoms with E-state index in [0.717, 1.165) is 9.21 Å². The largest absolute Gasteiger partial charge is 0.454 e. The fraction of sp³-hybridized carbons (Fsp3) is 0.136. The summed E-state index contributed by atoms with van der Waals surface area (Å²) in [5.41, 5.74) is 0.952. The summed E-state index contributed by atoms with van der Waals surface area (Å²) in [4.78, 5) is 38.8. The molecular formula is C22H18N2O7S. The molecule has 1 aliphatic rings. The van der Waals surface area contributed by atoms with Gasteiger partial charge in [-0.2, -0.15) is 0 Å². The molecule has 0 aliphatic carbocycles. The van der Waals surface area contributed by atoms with Gasteiger partial charge in [-0.05, 0) is 42.5 Å². The van der Waals surface area contributed by atoms with Crippen LogP contribution in [-0.4, -0.2) is 44.6 Å². The second-order valence-corrected chi connectivity index (χ2v) is 9.21. The highest BCUT2D eigenvalue weighted by molar-refractivity contribution is 7.88. The quantitative estimate of drug-likeness (QED) is 0.415. The number of amides is 2. The molecule has 4 rings (SSSR count). The highest BCUT2D eigenvalue weighted by Gasteiger charge is 2.36. The molecule has 0 bridgehead atoms. The number of rotatable bonds is 6. The number of carbonyl (C=O) groups excluding carboxylic acids is 3. The second-order valence-electron chi connectivity index (χ2n) is 7.13. The van der Waals surface area contributed by atoms with Crippen LogP contribution in [0, 0.1) is 0 Å². The van der Waals surface area contributed by atoms with Crippen molar-refractivity contribution in [3.63, 3.8) is 0 Å². The van der Waals surface area contributed by atoms with E-state index < -0.39 is 27.8 Å². The van der Waals surface area contributed by atoms with Gasteiger partial charge >= 0.3 is 5.97 Å². The summed E-state index contributed by atoms with van der Waals surface area (Å²) in [7, 11) is -0.990. The first-order chi connectivity index (χ1) is 15.2. The molecule has 164 valence electrons. The molecule has 3 aromatic rings. The van der Waals surface area contributed by atoms with Crippen LogP contribution in [0.4, 0.5) is 5.69 Å². The number of sulfonamides is 1. The molecular weight excluding hydrogens is 436 g/mol. The van der Waals surface area contributed by atoms with E-state index in [1.54, 1.807) is 30.3 Å². The molecule has 1 aromatic heterocycles. The van der Waals surface area contributed by atoms with Crippen LogP contribution in [0.2, 0.25) is 0 Å². The van der Waals surface area contributed by atoms with Crippen molar-refractivity contribution in [3.8, 4) is 0 Å². The van der Waals surface area contributed by atoms with Crippen molar-refractivity contribution in [2.24, 2.45) is 0 Å². The number of carbonyl (C=O) groups is 3. The molecule has 2 aromatic carbocycles. The number of ether oxygens (including phenoxy) is 1. The number of furan rings is 1. The Hall–Kier alpha value is -3.76. The van der Waals surface area contributed by atoms with Crippen molar-refractivity contribution in [1.29, 1.82) is 0 Å². The standard InChI is InChI=1S/C22H18N2O7S/c1-23(2)32(28,29)19-11-10-16(31-19)13-30-22(27)14-6-5-7-15(12-14)24-20(25)17-8-3-4-9-18(17)21(24)26/h3-12H,13H2,1-2H3. The highest BCUT2D eigenvalue weighted by atomic mass is 32.2. The number of esters is 1. The lowest BCUT2D eigenvalue weighted by Gasteiger charge is -2.14. The second kappa shape index (κ2) is 8.06. The number of hydrogen-bond donors (Lipinski definition) is 0. The molecule has 0 spiro atoms. The zero-order chi connectivity index (χ0) is 23.0. The topological polar surface area (TPSA) is 114 Å². The van der Waals surface area contributed by atoms with Gasteiger partial charge in [0.2, 0.25) is 5.09 Å². The molecule has 10 heteroatoms. The molecule has 0 N–H and O–H groups in total. The first-order valence-electron chi connectivity index (χ1n) is 9.46. The fourth-order valence-corrected chi connectivity index (χ4v) is 3.98. The first kappa shape index (κ1) is 21.5. The van der Waals surface area contributed by atoms with Crippen LogP contribution in [0.25, 0.3) is 0 Å². The third-order valence-electron chi connectivity index (χ3n) is 4.85. The molecule has 2 heterocycles. The molecule has 0 unspecified atom stereocenters. The Kier molecular flexibility index (Phi) is 5.41. The van der Waals surface area contributed by atoms with E-state index in [1.807, 2.05) is 0 Å². The monoisotopic (exact) mass is 454 g/mol. The first-order valence-corrected chi connectivity index (χ1v) is 10.9. The van der Waals surface area contributed by atoms with Gasteiger partial charge in [0, 0.05) is 14.1 Å². The average molecular weight is 454 g/mol. The lowest BCUT2D eigenvalue weighted by Crippen LogP contribution is -2.29. The van der Waals surface area contributed by atoms with E-state index in [2.05, 4.69) is 0 Å². The summed E-state index contributed by atoms with van der Waals surface area (Å²) < 4.78 is 35.6. The molecule has 0 atom stereocenters. The van der Waals surface area contributed by atoms with Crippen molar-refractivity contribution >= 4 is 33.5 Å². The van der Waals surface area contributed by atoms with Gasteiger partial charge < -0.3 is 9.15 Å². The van der Waals surface area contributed by atoms with Gasteiger partial charge in [-0.15, -0.1) is 0 Å². The third-order valence-corrected chi connectivity index (χ3v) is 6.54. The number of anilines is 1. The Labute approximate surface area is 183 Å². The molecule has 0 radical (unpaired) electrons. The van der Waals surface area contributed by atoms with Crippen LogP contribution in [0.1, 0.15) is 36.8 Å². The SMILES string of the molecule is CN(C)S(=O)(=O)c1ccc(COC(=O)c2cccc(N3C(=O)c4ccccc4C3=O)c2)o1. The minimum atomic E-state index is -3.74. The van der Waals surface area contributed by atoms with Gasteiger partial charge in [0.1, 0.15) is 12.4 Å². The molecule has 0 fully saturated rings. The van der Waals surface area contributed by atoms with E-state index >= 15 is 0 Å². The van der Waals surface area contributed by atoms with Crippen LogP contribution in [0.3, 0.4) is 0 Å². The zero-order valence-corrected chi connectivity index (χ0v) is 18.0. The maximum Gasteiger partial charge on any atom is 0.338 e. The lowest BCUT2D eigenvalue weighted by atomic mass is 10.1. The van der Waals surface area contributed by atoms with E-state index in [1.165, 1.54) is 44.4 Å². The summed E-state index contributed by atoms with van der Waals surface area (Å²) in [6.45, 7) is -0.293. The summed E-state index contributed by atoms with van der Waals surface area (Å²) >= 11 is 0. The molecule has 2 amide bonds. The van der Waals surface area contributed by atoms with Crippen LogP contribution in [0.5, 0.6) is 0 Å². The van der Waals surface area contributed by atoms with Crippen molar-refractivity contribution in [2.75, 3.05) is 19.0 Å². The van der Waals surface area contributed by atoms with Gasteiger partial charge in [0.25, 0.3) is 21.8 Å². The maximum atomic E-state index is 12.7. The minimum absolute atomic E-state index is 0.117. The molecule has 1 aliphatic heterocycles. The van der Waals surface area contributed by atoms with Gasteiger partial charge in [-0.25, -0.2) is 22.4 Å². The van der Waals surface area contributed by atoms with Gasteiger partial charge in [-0.3, -0.25) is 9.59 Å². The lowest BCUT2D eigenvalue weighted by molar-refractivity contribution is 0.0440. The molecule has 0 saturated heterocycles. The highest BCUT2D eigenvalue weighted by Crippen LogP contribution is 2.29. The van der Waals surface area contributed by atoms with Gasteiger partial charge in [0.15, 0.2) is 0 Å². The number of imide groups is 1. The predicted octanol–water partition coefficient (Wildman–Crippen LogP) is 2.69. The number of nitrogens with zero attached hydrogens (tertiary/aromatic N) is 2. The summed E-state index contributed by atoms with van der Waals surface area (Å²) in [6.07, 6.45) is 0. The van der Waals surface area contributed by atoms with Crippen molar-refractivity contribution in [1.82, 2.24) is 4.31 Å². The molecule has 32 heavy (non-hydrogen) atoms. The smallest absolute Gasteiger partial charge is 0.338 e. The molecule has 9 nitrogen and oxygen atoms in total. The van der Waals surface area contributed by atoms with Gasteiger partial charge in [-0.1, -0.05) is 18.2 Å². The van der Waals surface area contributed by atoms with Crippen LogP contribution >= 0.6 is 0 Å². The van der Waals surface area contributed by atoms with Crippen LogP contribution in [0.15, 0.2) is 70.2 Å². The Morgan fingerprint density at radius 3 is 2.25 bits per heavy atom. The summed E-state index contributed by atoms with van der Waals surface area (Å²) in [5.74, 6) is -1.52. The fourth-order valence-electron chi connectivity index (χ4n) is 3.17. The zero-order valence-electron chi connectivity index (χ0n) is 17.1. The van der Waals surface area contributed by atoms with E-state index in [0.29, 0.717) is 11.1 Å². The van der Waals surface area contributed by atoms with E-state index in [4.69, 9.17) is 9.15 Å². The third kappa shape index (κ3) is 3.70. The van der Waals surface area contributed by atoms with Crippen molar-refractivity contribution < 1.29 is 32.0 Å². The van der Waals surface area contributed by atoms with Gasteiger partial charge in [0.05, 0.1) is 22.4 Å². The van der Waals surface area contributed by atoms with Crippen molar-refractivity contribution in [2.45, 2.75) is 11.7 Å². The average Bonchev–Trinajstić information content (AvgIpc) is 3.36. The normalized spacial score (nSPS) is 13.5.